The average Bonchev–Trinajstić information content (AvgIpc) is 2.16. The third kappa shape index (κ3) is 2.70. The fourth-order valence-electron chi connectivity index (χ4n) is 1.05. The molecule has 0 aliphatic heterocycles. The highest BCUT2D eigenvalue weighted by molar-refractivity contribution is 7.91. The maximum absolute atomic E-state index is 11.5. The second-order valence-corrected chi connectivity index (χ2v) is 5.66. The van der Waals surface area contributed by atoms with E-state index in [1.54, 1.807) is 0 Å². The summed E-state index contributed by atoms with van der Waals surface area (Å²) in [6.07, 6.45) is 0. The molecule has 0 aliphatic rings. The summed E-state index contributed by atoms with van der Waals surface area (Å²) >= 11 is 5.68. The lowest BCUT2D eigenvalue weighted by molar-refractivity contribution is 0.1000. The van der Waals surface area contributed by atoms with Crippen LogP contribution in [0, 0.1) is 0 Å². The summed E-state index contributed by atoms with van der Waals surface area (Å²) in [7, 11) is -3.37. The zero-order valence-corrected chi connectivity index (χ0v) is 9.60. The zero-order valence-electron chi connectivity index (χ0n) is 8.03. The second-order valence-electron chi connectivity index (χ2n) is 2.94. The van der Waals surface area contributed by atoms with E-state index in [-0.39, 0.29) is 21.2 Å². The highest BCUT2D eigenvalue weighted by Gasteiger charge is 2.14. The second kappa shape index (κ2) is 4.20. The SMILES string of the molecule is CCS(=O)(=O)c1cc(Cl)cc(C(N)=O)c1. The summed E-state index contributed by atoms with van der Waals surface area (Å²) in [5, 5.41) is 0.179. The van der Waals surface area contributed by atoms with Crippen LogP contribution in [0.25, 0.3) is 0 Å². The van der Waals surface area contributed by atoms with Gasteiger partial charge in [0.1, 0.15) is 0 Å². The van der Waals surface area contributed by atoms with Crippen molar-refractivity contribution in [2.45, 2.75) is 11.8 Å². The van der Waals surface area contributed by atoms with E-state index in [9.17, 15) is 13.2 Å². The van der Waals surface area contributed by atoms with E-state index in [2.05, 4.69) is 0 Å². The molecular formula is C9H10ClNO3S. The molecule has 82 valence electrons. The molecule has 1 aromatic rings. The van der Waals surface area contributed by atoms with E-state index in [0.717, 1.165) is 0 Å². The maximum atomic E-state index is 11.5. The number of carbonyl (C=O) groups is 1. The van der Waals surface area contributed by atoms with Crippen LogP contribution in [0.4, 0.5) is 0 Å². The van der Waals surface area contributed by atoms with Crippen molar-refractivity contribution >= 4 is 27.3 Å². The van der Waals surface area contributed by atoms with Crippen molar-refractivity contribution in [3.63, 3.8) is 0 Å². The Morgan fingerprint density at radius 1 is 1.40 bits per heavy atom. The lowest BCUT2D eigenvalue weighted by atomic mass is 10.2. The lowest BCUT2D eigenvalue weighted by Gasteiger charge is -2.04. The largest absolute Gasteiger partial charge is 0.366 e. The number of benzene rings is 1. The van der Waals surface area contributed by atoms with Crippen LogP contribution in [0.15, 0.2) is 23.1 Å². The first-order valence-corrected chi connectivity index (χ1v) is 6.23. The summed E-state index contributed by atoms with van der Waals surface area (Å²) in [4.78, 5) is 10.9. The van der Waals surface area contributed by atoms with Crippen LogP contribution in [0.5, 0.6) is 0 Å². The van der Waals surface area contributed by atoms with Crippen molar-refractivity contribution in [1.82, 2.24) is 0 Å². The number of hydrogen-bond donors (Lipinski definition) is 1. The van der Waals surface area contributed by atoms with Crippen LogP contribution in [-0.4, -0.2) is 20.1 Å². The van der Waals surface area contributed by atoms with E-state index in [4.69, 9.17) is 17.3 Å². The summed E-state index contributed by atoms with van der Waals surface area (Å²) in [6.45, 7) is 1.51. The van der Waals surface area contributed by atoms with Crippen molar-refractivity contribution in [3.05, 3.63) is 28.8 Å². The standard InChI is InChI=1S/C9H10ClNO3S/c1-2-15(13,14)8-4-6(9(11)12)3-7(10)5-8/h3-5H,2H2,1H3,(H2,11,12). The highest BCUT2D eigenvalue weighted by atomic mass is 35.5. The Labute approximate surface area is 93.0 Å². The Bertz CT molecular complexity index is 496. The predicted octanol–water partition coefficient (Wildman–Crippen LogP) is 1.23. The lowest BCUT2D eigenvalue weighted by Crippen LogP contribution is -2.12. The number of hydrogen-bond acceptors (Lipinski definition) is 3. The normalized spacial score (nSPS) is 11.3. The number of halogens is 1. The molecule has 0 saturated carbocycles. The number of rotatable bonds is 3. The van der Waals surface area contributed by atoms with E-state index in [0.29, 0.717) is 0 Å². The van der Waals surface area contributed by atoms with Gasteiger partial charge in [-0.3, -0.25) is 4.79 Å². The summed E-state index contributed by atoms with van der Waals surface area (Å²) in [6, 6.07) is 3.86. The van der Waals surface area contributed by atoms with E-state index in [1.165, 1.54) is 25.1 Å². The van der Waals surface area contributed by atoms with Crippen LogP contribution in [-0.2, 0) is 9.84 Å². The topological polar surface area (TPSA) is 77.2 Å². The molecule has 4 nitrogen and oxygen atoms in total. The molecule has 6 heteroatoms. The van der Waals surface area contributed by atoms with Crippen molar-refractivity contribution in [1.29, 1.82) is 0 Å². The minimum Gasteiger partial charge on any atom is -0.366 e. The number of nitrogens with two attached hydrogens (primary N) is 1. The van der Waals surface area contributed by atoms with Crippen molar-refractivity contribution < 1.29 is 13.2 Å². The number of carbonyl (C=O) groups excluding carboxylic acids is 1. The number of sulfone groups is 1. The fourth-order valence-corrected chi connectivity index (χ4v) is 2.30. The molecule has 2 N–H and O–H groups in total. The molecule has 0 radical (unpaired) electrons. The quantitative estimate of drug-likeness (QED) is 0.873. The molecule has 0 atom stereocenters. The first-order valence-electron chi connectivity index (χ1n) is 4.20. The minimum atomic E-state index is -3.37. The summed E-state index contributed by atoms with van der Waals surface area (Å²) < 4.78 is 23.0. The average molecular weight is 248 g/mol. The Morgan fingerprint density at radius 3 is 2.47 bits per heavy atom. The van der Waals surface area contributed by atoms with Gasteiger partial charge >= 0.3 is 0 Å². The van der Waals surface area contributed by atoms with Crippen LogP contribution in [0.1, 0.15) is 17.3 Å². The fraction of sp³-hybridized carbons (Fsp3) is 0.222. The molecule has 0 aromatic heterocycles. The van der Waals surface area contributed by atoms with Gasteiger partial charge in [-0.25, -0.2) is 8.42 Å². The van der Waals surface area contributed by atoms with Gasteiger partial charge in [0, 0.05) is 10.6 Å². The van der Waals surface area contributed by atoms with Crippen LogP contribution in [0.3, 0.4) is 0 Å². The first kappa shape index (κ1) is 12.0. The van der Waals surface area contributed by atoms with Crippen molar-refractivity contribution in [2.75, 3.05) is 5.75 Å². The monoisotopic (exact) mass is 247 g/mol. The predicted molar refractivity (Wildman–Crippen MR) is 57.7 cm³/mol. The molecule has 0 fully saturated rings. The molecule has 0 spiro atoms. The smallest absolute Gasteiger partial charge is 0.248 e. The van der Waals surface area contributed by atoms with Crippen molar-refractivity contribution in [2.24, 2.45) is 5.73 Å². The minimum absolute atomic E-state index is 0.0197. The number of primary amides is 1. The molecule has 1 amide bonds. The molecule has 1 aromatic carbocycles. The molecule has 0 saturated heterocycles. The van der Waals surface area contributed by atoms with Crippen LogP contribution in [0.2, 0.25) is 5.02 Å². The van der Waals surface area contributed by atoms with E-state index >= 15 is 0 Å². The number of amides is 1. The first-order chi connectivity index (χ1) is 6.86. The van der Waals surface area contributed by atoms with Gasteiger partial charge in [0.2, 0.25) is 5.91 Å². The van der Waals surface area contributed by atoms with Gasteiger partial charge in [-0.15, -0.1) is 0 Å². The molecule has 0 unspecified atom stereocenters. The molecule has 0 heterocycles. The Morgan fingerprint density at radius 2 is 2.00 bits per heavy atom. The molecular weight excluding hydrogens is 238 g/mol. The Hall–Kier alpha value is -1.07. The third-order valence-electron chi connectivity index (χ3n) is 1.89. The molecule has 0 bridgehead atoms. The molecule has 0 aliphatic carbocycles. The highest BCUT2D eigenvalue weighted by Crippen LogP contribution is 2.19. The Balaban J connectivity index is 3.40. The van der Waals surface area contributed by atoms with Gasteiger partial charge in [-0.2, -0.15) is 0 Å². The van der Waals surface area contributed by atoms with E-state index in [1.807, 2.05) is 0 Å². The van der Waals surface area contributed by atoms with Gasteiger partial charge in [0.15, 0.2) is 9.84 Å². The van der Waals surface area contributed by atoms with Crippen LogP contribution < -0.4 is 5.73 Å². The van der Waals surface area contributed by atoms with Crippen molar-refractivity contribution in [3.8, 4) is 0 Å². The third-order valence-corrected chi connectivity index (χ3v) is 3.83. The van der Waals surface area contributed by atoms with E-state index < -0.39 is 15.7 Å². The van der Waals surface area contributed by atoms with Gasteiger partial charge in [0.25, 0.3) is 0 Å². The summed E-state index contributed by atoms with van der Waals surface area (Å²) in [5.41, 5.74) is 5.14. The maximum Gasteiger partial charge on any atom is 0.248 e. The zero-order chi connectivity index (χ0) is 11.6. The molecule has 15 heavy (non-hydrogen) atoms. The van der Waals surface area contributed by atoms with Gasteiger partial charge in [-0.1, -0.05) is 18.5 Å². The molecule has 1 rings (SSSR count). The van der Waals surface area contributed by atoms with Gasteiger partial charge in [0.05, 0.1) is 10.6 Å². The Kier molecular flexibility index (Phi) is 3.36. The van der Waals surface area contributed by atoms with Crippen LogP contribution >= 0.6 is 11.6 Å². The van der Waals surface area contributed by atoms with Gasteiger partial charge < -0.3 is 5.73 Å². The van der Waals surface area contributed by atoms with Gasteiger partial charge in [-0.05, 0) is 18.2 Å². The summed E-state index contributed by atoms with van der Waals surface area (Å²) in [5.74, 6) is -0.754.